The average molecular weight is 383 g/mol. The smallest absolute Gasteiger partial charge is 0.128 e. The summed E-state index contributed by atoms with van der Waals surface area (Å²) in [5, 5.41) is 0. The summed E-state index contributed by atoms with van der Waals surface area (Å²) in [4.78, 5) is 7.84. The van der Waals surface area contributed by atoms with Crippen LogP contribution in [0.4, 0.5) is 0 Å². The number of nitrogens with zero attached hydrogens (tertiary/aromatic N) is 2. The Bertz CT molecular complexity index is 730. The third-order valence-corrected chi connectivity index (χ3v) is 6.40. The normalized spacial score (nSPS) is 19.4. The van der Waals surface area contributed by atoms with E-state index in [0.717, 1.165) is 25.0 Å². The molecule has 0 saturated carbocycles. The van der Waals surface area contributed by atoms with Crippen LogP contribution in [-0.2, 0) is 12.8 Å². The molecule has 1 aromatic rings. The predicted octanol–water partition coefficient (Wildman–Crippen LogP) is 6.29. The molecule has 3 nitrogen and oxygen atoms in total. The second kappa shape index (κ2) is 9.62. The van der Waals surface area contributed by atoms with Crippen molar-refractivity contribution in [2.75, 3.05) is 6.61 Å². The standard InChI is InChI=1S/C25H38N2O/c1-6-19-17-27(20(7-2)8-3)22(9-4)25(26-19)24-21-14-12-11-13-18(21)15-16-23(24)28-10-5/h15-17,20,22H,6-14H2,1-5H3. The van der Waals surface area contributed by atoms with Crippen LogP contribution in [0.5, 0.6) is 5.75 Å². The van der Waals surface area contributed by atoms with Gasteiger partial charge in [-0.05, 0) is 75.5 Å². The molecule has 1 aliphatic carbocycles. The molecular formula is C25H38N2O. The van der Waals surface area contributed by atoms with E-state index in [2.05, 4.69) is 57.9 Å². The minimum absolute atomic E-state index is 0.327. The van der Waals surface area contributed by atoms with Gasteiger partial charge in [-0.25, -0.2) is 0 Å². The van der Waals surface area contributed by atoms with Gasteiger partial charge in [-0.15, -0.1) is 0 Å². The fourth-order valence-corrected chi connectivity index (χ4v) is 4.89. The zero-order valence-corrected chi connectivity index (χ0v) is 18.6. The molecule has 0 N–H and O–H groups in total. The van der Waals surface area contributed by atoms with E-state index >= 15 is 0 Å². The highest BCUT2D eigenvalue weighted by Gasteiger charge is 2.33. The summed E-state index contributed by atoms with van der Waals surface area (Å²) in [7, 11) is 0. The zero-order chi connectivity index (χ0) is 20.1. The van der Waals surface area contributed by atoms with E-state index < -0.39 is 0 Å². The van der Waals surface area contributed by atoms with Gasteiger partial charge in [-0.2, -0.15) is 0 Å². The molecule has 1 atom stereocenters. The Hall–Kier alpha value is -1.77. The Morgan fingerprint density at radius 2 is 1.82 bits per heavy atom. The highest BCUT2D eigenvalue weighted by atomic mass is 16.5. The largest absolute Gasteiger partial charge is 0.493 e. The van der Waals surface area contributed by atoms with E-state index in [0.29, 0.717) is 18.7 Å². The first-order valence-corrected chi connectivity index (χ1v) is 11.5. The summed E-state index contributed by atoms with van der Waals surface area (Å²) in [5.74, 6) is 1.03. The summed E-state index contributed by atoms with van der Waals surface area (Å²) in [6, 6.07) is 5.38. The number of hydrogen-bond donors (Lipinski definition) is 0. The number of aliphatic imine (C=N–C) groups is 1. The number of fused-ring (bicyclic) bond motifs is 1. The van der Waals surface area contributed by atoms with E-state index in [1.165, 1.54) is 60.2 Å². The van der Waals surface area contributed by atoms with Crippen LogP contribution in [0.25, 0.3) is 0 Å². The van der Waals surface area contributed by atoms with Crippen molar-refractivity contribution in [1.82, 2.24) is 4.90 Å². The lowest BCUT2D eigenvalue weighted by Crippen LogP contribution is -2.46. The van der Waals surface area contributed by atoms with Gasteiger partial charge >= 0.3 is 0 Å². The first-order valence-electron chi connectivity index (χ1n) is 11.5. The predicted molar refractivity (Wildman–Crippen MR) is 119 cm³/mol. The van der Waals surface area contributed by atoms with Crippen molar-refractivity contribution in [3.63, 3.8) is 0 Å². The van der Waals surface area contributed by atoms with Crippen LogP contribution in [0.2, 0.25) is 0 Å². The second-order valence-corrected chi connectivity index (χ2v) is 8.03. The van der Waals surface area contributed by atoms with Gasteiger partial charge in [-0.3, -0.25) is 4.99 Å². The number of hydrogen-bond acceptors (Lipinski definition) is 3. The molecule has 28 heavy (non-hydrogen) atoms. The number of benzene rings is 1. The van der Waals surface area contributed by atoms with Crippen LogP contribution in [0, 0.1) is 0 Å². The fourth-order valence-electron chi connectivity index (χ4n) is 4.89. The molecule has 1 unspecified atom stereocenters. The Labute approximate surface area is 171 Å². The van der Waals surface area contributed by atoms with Gasteiger partial charge in [0.1, 0.15) is 5.75 Å². The number of rotatable bonds is 8. The van der Waals surface area contributed by atoms with Gasteiger partial charge in [0, 0.05) is 17.8 Å². The van der Waals surface area contributed by atoms with Crippen molar-refractivity contribution in [3.8, 4) is 5.75 Å². The maximum Gasteiger partial charge on any atom is 0.128 e. The topological polar surface area (TPSA) is 24.8 Å². The maximum absolute atomic E-state index is 6.15. The van der Waals surface area contributed by atoms with Gasteiger partial charge in [-0.1, -0.05) is 33.8 Å². The molecule has 0 bridgehead atoms. The highest BCUT2D eigenvalue weighted by molar-refractivity contribution is 6.09. The Morgan fingerprint density at radius 1 is 1.07 bits per heavy atom. The van der Waals surface area contributed by atoms with E-state index in [1.807, 2.05) is 0 Å². The van der Waals surface area contributed by atoms with Crippen LogP contribution in [0.1, 0.15) is 89.8 Å². The van der Waals surface area contributed by atoms with E-state index in [4.69, 9.17) is 9.73 Å². The third-order valence-electron chi connectivity index (χ3n) is 6.40. The highest BCUT2D eigenvalue weighted by Crippen LogP contribution is 2.36. The van der Waals surface area contributed by atoms with Crippen molar-refractivity contribution in [1.29, 1.82) is 0 Å². The minimum Gasteiger partial charge on any atom is -0.493 e. The number of allylic oxidation sites excluding steroid dienone is 1. The zero-order valence-electron chi connectivity index (χ0n) is 18.6. The monoisotopic (exact) mass is 382 g/mol. The first-order chi connectivity index (χ1) is 13.7. The Kier molecular flexibility index (Phi) is 7.20. The second-order valence-electron chi connectivity index (χ2n) is 8.03. The molecule has 0 radical (unpaired) electrons. The lowest BCUT2D eigenvalue weighted by molar-refractivity contribution is 0.223. The SMILES string of the molecule is CCOc1ccc2c(c1C1=NC(CC)=CN(C(CC)CC)C1CC)CCCC2. The summed E-state index contributed by atoms with van der Waals surface area (Å²) in [6.07, 6.45) is 11.6. The van der Waals surface area contributed by atoms with Gasteiger partial charge < -0.3 is 9.64 Å². The van der Waals surface area contributed by atoms with Gasteiger partial charge in [0.25, 0.3) is 0 Å². The molecule has 3 heteroatoms. The molecule has 1 aliphatic heterocycles. The molecule has 3 rings (SSSR count). The summed E-state index contributed by atoms with van der Waals surface area (Å²) < 4.78 is 6.15. The van der Waals surface area contributed by atoms with Crippen molar-refractivity contribution < 1.29 is 4.74 Å². The van der Waals surface area contributed by atoms with Crippen LogP contribution < -0.4 is 4.74 Å². The Morgan fingerprint density at radius 3 is 2.46 bits per heavy atom. The summed E-state index contributed by atoms with van der Waals surface area (Å²) in [6.45, 7) is 11.9. The molecule has 0 saturated heterocycles. The van der Waals surface area contributed by atoms with E-state index in [9.17, 15) is 0 Å². The van der Waals surface area contributed by atoms with Crippen molar-refractivity contribution in [2.45, 2.75) is 98.1 Å². The molecule has 0 aromatic heterocycles. The quantitative estimate of drug-likeness (QED) is 0.528. The Balaban J connectivity index is 2.17. The van der Waals surface area contributed by atoms with Gasteiger partial charge in [0.15, 0.2) is 0 Å². The molecule has 0 amide bonds. The van der Waals surface area contributed by atoms with Gasteiger partial charge in [0.05, 0.1) is 24.1 Å². The van der Waals surface area contributed by atoms with E-state index in [-0.39, 0.29) is 0 Å². The molecular weight excluding hydrogens is 344 g/mol. The molecule has 1 heterocycles. The fraction of sp³-hybridized carbons (Fsp3) is 0.640. The number of aryl methyl sites for hydroxylation is 1. The minimum atomic E-state index is 0.327. The lowest BCUT2D eigenvalue weighted by atomic mass is 9.83. The average Bonchev–Trinajstić information content (AvgIpc) is 2.74. The molecule has 0 spiro atoms. The van der Waals surface area contributed by atoms with E-state index in [1.54, 1.807) is 0 Å². The number of ether oxygens (including phenoxy) is 1. The first kappa shape index (κ1) is 21.0. The van der Waals surface area contributed by atoms with Crippen molar-refractivity contribution >= 4 is 5.71 Å². The maximum atomic E-state index is 6.15. The third kappa shape index (κ3) is 3.99. The summed E-state index contributed by atoms with van der Waals surface area (Å²) >= 11 is 0. The van der Waals surface area contributed by atoms with Crippen LogP contribution in [0.15, 0.2) is 29.0 Å². The van der Waals surface area contributed by atoms with Crippen LogP contribution in [-0.4, -0.2) is 29.3 Å². The molecule has 154 valence electrons. The molecule has 2 aliphatic rings. The van der Waals surface area contributed by atoms with Crippen LogP contribution >= 0.6 is 0 Å². The lowest BCUT2D eigenvalue weighted by Gasteiger charge is -2.41. The van der Waals surface area contributed by atoms with Crippen LogP contribution in [0.3, 0.4) is 0 Å². The van der Waals surface area contributed by atoms with Crippen molar-refractivity contribution in [3.05, 3.63) is 40.7 Å². The van der Waals surface area contributed by atoms with Gasteiger partial charge in [0.2, 0.25) is 0 Å². The van der Waals surface area contributed by atoms with Crippen molar-refractivity contribution in [2.24, 2.45) is 4.99 Å². The molecule has 0 fully saturated rings. The summed E-state index contributed by atoms with van der Waals surface area (Å²) in [5.41, 5.74) is 6.75. The molecule has 1 aromatic carbocycles.